The maximum Gasteiger partial charge on any atom is 0.146 e. The summed E-state index contributed by atoms with van der Waals surface area (Å²) >= 11 is 0. The van der Waals surface area contributed by atoms with Crippen molar-refractivity contribution in [1.29, 1.82) is 0 Å². The number of benzene rings is 1. The fourth-order valence-corrected chi connectivity index (χ4v) is 2.35. The number of hydrogen-bond donors (Lipinski definition) is 1. The molecule has 0 amide bonds. The largest absolute Gasteiger partial charge is 0.317 e. The summed E-state index contributed by atoms with van der Waals surface area (Å²) in [6.07, 6.45) is 1.02. The van der Waals surface area contributed by atoms with Crippen molar-refractivity contribution in [1.82, 2.24) is 20.1 Å². The summed E-state index contributed by atoms with van der Waals surface area (Å²) < 4.78 is 2.04. The van der Waals surface area contributed by atoms with E-state index in [1.54, 1.807) is 0 Å². The lowest BCUT2D eigenvalue weighted by molar-refractivity contribution is 0.262. The zero-order valence-electron chi connectivity index (χ0n) is 13.7. The first kappa shape index (κ1) is 15.7. The Hall–Kier alpha value is -1.68. The van der Waals surface area contributed by atoms with E-state index in [4.69, 9.17) is 0 Å². The summed E-state index contributed by atoms with van der Waals surface area (Å²) in [5.41, 5.74) is 1.54. The van der Waals surface area contributed by atoms with E-state index in [1.807, 2.05) is 18.5 Å². The van der Waals surface area contributed by atoms with E-state index in [-0.39, 0.29) is 5.41 Å². The van der Waals surface area contributed by atoms with Crippen LogP contribution in [0.3, 0.4) is 0 Å². The third-order valence-corrected chi connectivity index (χ3v) is 4.02. The second kappa shape index (κ2) is 6.39. The van der Waals surface area contributed by atoms with E-state index in [2.05, 4.69) is 66.6 Å². The Balaban J connectivity index is 2.05. The van der Waals surface area contributed by atoms with Crippen LogP contribution >= 0.6 is 0 Å². The quantitative estimate of drug-likeness (QED) is 0.919. The molecule has 1 aromatic heterocycles. The standard InChI is InChI=1S/C17H26N4/c1-13-19-20-16(21(13)5)12-18-15(17(2,3)4)11-14-9-7-6-8-10-14/h6-10,15,18H,11-12H2,1-5H3/t15-/m1/s1. The number of rotatable bonds is 5. The van der Waals surface area contributed by atoms with E-state index >= 15 is 0 Å². The van der Waals surface area contributed by atoms with Crippen LogP contribution in [0.1, 0.15) is 38.0 Å². The van der Waals surface area contributed by atoms with Gasteiger partial charge in [0.05, 0.1) is 6.54 Å². The van der Waals surface area contributed by atoms with Gasteiger partial charge in [0.15, 0.2) is 0 Å². The number of nitrogens with one attached hydrogen (secondary N) is 1. The van der Waals surface area contributed by atoms with Gasteiger partial charge < -0.3 is 9.88 Å². The molecule has 1 heterocycles. The van der Waals surface area contributed by atoms with E-state index in [0.29, 0.717) is 6.04 Å². The van der Waals surface area contributed by atoms with Crippen molar-refractivity contribution in [2.45, 2.75) is 46.7 Å². The number of aryl methyl sites for hydroxylation is 1. The smallest absolute Gasteiger partial charge is 0.146 e. The minimum atomic E-state index is 0.184. The summed E-state index contributed by atoms with van der Waals surface area (Å²) in [5.74, 6) is 1.93. The summed E-state index contributed by atoms with van der Waals surface area (Å²) in [5, 5.41) is 12.0. The molecule has 1 aromatic carbocycles. The van der Waals surface area contributed by atoms with Gasteiger partial charge in [-0.3, -0.25) is 0 Å². The number of hydrogen-bond acceptors (Lipinski definition) is 3. The first-order valence-corrected chi connectivity index (χ1v) is 7.50. The van der Waals surface area contributed by atoms with Crippen LogP contribution in [0.25, 0.3) is 0 Å². The number of nitrogens with zero attached hydrogens (tertiary/aromatic N) is 3. The minimum Gasteiger partial charge on any atom is -0.317 e. The Morgan fingerprint density at radius 2 is 1.81 bits per heavy atom. The molecule has 0 aliphatic heterocycles. The first-order valence-electron chi connectivity index (χ1n) is 7.50. The summed E-state index contributed by atoms with van der Waals surface area (Å²) in [6, 6.07) is 11.0. The van der Waals surface area contributed by atoms with Gasteiger partial charge in [-0.05, 0) is 24.3 Å². The minimum absolute atomic E-state index is 0.184. The fraction of sp³-hybridized carbons (Fsp3) is 0.529. The van der Waals surface area contributed by atoms with Gasteiger partial charge in [0, 0.05) is 13.1 Å². The van der Waals surface area contributed by atoms with Crippen LogP contribution in [0, 0.1) is 12.3 Å². The van der Waals surface area contributed by atoms with E-state index in [1.165, 1.54) is 5.56 Å². The van der Waals surface area contributed by atoms with Crippen molar-refractivity contribution in [2.24, 2.45) is 12.5 Å². The summed E-state index contributed by atoms with van der Waals surface area (Å²) in [7, 11) is 2.01. The molecule has 0 bridgehead atoms. The molecule has 0 fully saturated rings. The van der Waals surface area contributed by atoms with Gasteiger partial charge in [-0.2, -0.15) is 0 Å². The molecule has 21 heavy (non-hydrogen) atoms. The topological polar surface area (TPSA) is 42.7 Å². The molecule has 0 saturated carbocycles. The second-order valence-electron chi connectivity index (χ2n) is 6.71. The molecular formula is C17H26N4. The normalized spacial score (nSPS) is 13.4. The predicted molar refractivity (Wildman–Crippen MR) is 86.0 cm³/mol. The number of aromatic nitrogens is 3. The van der Waals surface area contributed by atoms with Gasteiger partial charge in [-0.15, -0.1) is 10.2 Å². The molecule has 4 heteroatoms. The summed E-state index contributed by atoms with van der Waals surface area (Å²) in [6.45, 7) is 9.54. The highest BCUT2D eigenvalue weighted by Gasteiger charge is 2.24. The third-order valence-electron chi connectivity index (χ3n) is 4.02. The van der Waals surface area contributed by atoms with Gasteiger partial charge >= 0.3 is 0 Å². The Kier molecular flexibility index (Phi) is 4.78. The van der Waals surface area contributed by atoms with Gasteiger partial charge in [0.2, 0.25) is 0 Å². The Bertz CT molecular complexity index is 566. The zero-order valence-corrected chi connectivity index (χ0v) is 13.7. The van der Waals surface area contributed by atoms with Crippen LogP contribution in [0.5, 0.6) is 0 Å². The Morgan fingerprint density at radius 1 is 1.14 bits per heavy atom. The lowest BCUT2D eigenvalue weighted by Gasteiger charge is -2.32. The van der Waals surface area contributed by atoms with Crippen molar-refractivity contribution in [3.8, 4) is 0 Å². The molecule has 114 valence electrons. The van der Waals surface area contributed by atoms with Crippen molar-refractivity contribution in [2.75, 3.05) is 0 Å². The second-order valence-corrected chi connectivity index (χ2v) is 6.71. The highest BCUT2D eigenvalue weighted by Crippen LogP contribution is 2.23. The van der Waals surface area contributed by atoms with Crippen molar-refractivity contribution in [3.05, 3.63) is 47.5 Å². The SMILES string of the molecule is Cc1nnc(CN[C@H](Cc2ccccc2)C(C)(C)C)n1C. The van der Waals surface area contributed by atoms with Crippen LogP contribution in [0.2, 0.25) is 0 Å². The lowest BCUT2D eigenvalue weighted by atomic mass is 9.83. The van der Waals surface area contributed by atoms with Crippen molar-refractivity contribution >= 4 is 0 Å². The van der Waals surface area contributed by atoms with Crippen molar-refractivity contribution in [3.63, 3.8) is 0 Å². The highest BCUT2D eigenvalue weighted by molar-refractivity contribution is 5.16. The molecule has 0 spiro atoms. The third kappa shape index (κ3) is 4.14. The maximum atomic E-state index is 4.23. The maximum absolute atomic E-state index is 4.23. The van der Waals surface area contributed by atoms with Gasteiger partial charge in [-0.1, -0.05) is 51.1 Å². The molecule has 1 N–H and O–H groups in total. The molecule has 1 atom stereocenters. The molecule has 0 radical (unpaired) electrons. The average Bonchev–Trinajstić information content (AvgIpc) is 2.75. The monoisotopic (exact) mass is 286 g/mol. The van der Waals surface area contributed by atoms with Gasteiger partial charge in [-0.25, -0.2) is 0 Å². The van der Waals surface area contributed by atoms with E-state index < -0.39 is 0 Å². The molecular weight excluding hydrogens is 260 g/mol. The van der Waals surface area contributed by atoms with Crippen LogP contribution < -0.4 is 5.32 Å². The van der Waals surface area contributed by atoms with Crippen LogP contribution in [-0.4, -0.2) is 20.8 Å². The predicted octanol–water partition coefficient (Wildman–Crippen LogP) is 2.87. The van der Waals surface area contributed by atoms with Crippen molar-refractivity contribution < 1.29 is 0 Å². The molecule has 0 aliphatic carbocycles. The highest BCUT2D eigenvalue weighted by atomic mass is 15.3. The van der Waals surface area contributed by atoms with Crippen LogP contribution in [0.15, 0.2) is 30.3 Å². The molecule has 0 saturated heterocycles. The average molecular weight is 286 g/mol. The summed E-state index contributed by atoms with van der Waals surface area (Å²) in [4.78, 5) is 0. The van der Waals surface area contributed by atoms with E-state index in [0.717, 1.165) is 24.6 Å². The Labute approximate surface area is 127 Å². The van der Waals surface area contributed by atoms with Gasteiger partial charge in [0.25, 0.3) is 0 Å². The van der Waals surface area contributed by atoms with Crippen LogP contribution in [-0.2, 0) is 20.0 Å². The molecule has 0 unspecified atom stereocenters. The van der Waals surface area contributed by atoms with Gasteiger partial charge in [0.1, 0.15) is 11.6 Å². The molecule has 4 nitrogen and oxygen atoms in total. The Morgan fingerprint density at radius 3 is 2.33 bits per heavy atom. The first-order chi connectivity index (χ1) is 9.88. The molecule has 0 aliphatic rings. The zero-order chi connectivity index (χ0) is 15.5. The molecule has 2 aromatic rings. The lowest BCUT2D eigenvalue weighted by Crippen LogP contribution is -2.42. The van der Waals surface area contributed by atoms with Crippen LogP contribution in [0.4, 0.5) is 0 Å². The fourth-order valence-electron chi connectivity index (χ4n) is 2.35. The molecule has 2 rings (SSSR count). The van der Waals surface area contributed by atoms with E-state index in [9.17, 15) is 0 Å².